The molecular formula is C16H16N4O2. The van der Waals surface area contributed by atoms with Crippen molar-refractivity contribution in [1.82, 2.24) is 15.1 Å². The van der Waals surface area contributed by atoms with Gasteiger partial charge >= 0.3 is 0 Å². The SMILES string of the molecule is NC(=O)CN1C=CCC(c2cc(-c3ccc(O)cc3)[nH]n2)=C1. The largest absolute Gasteiger partial charge is 0.508 e. The number of nitrogens with two attached hydrogens (primary N) is 1. The number of primary amides is 1. The van der Waals surface area contributed by atoms with Crippen LogP contribution >= 0.6 is 0 Å². The maximum atomic E-state index is 11.0. The van der Waals surface area contributed by atoms with Crippen molar-refractivity contribution < 1.29 is 9.90 Å². The van der Waals surface area contributed by atoms with Crippen molar-refractivity contribution in [2.75, 3.05) is 6.54 Å². The van der Waals surface area contributed by atoms with Crippen LogP contribution in [0.3, 0.4) is 0 Å². The second-order valence-corrected chi connectivity index (χ2v) is 5.10. The molecule has 2 aromatic rings. The number of rotatable bonds is 4. The van der Waals surface area contributed by atoms with E-state index < -0.39 is 0 Å². The Bertz CT molecular complexity index is 744. The summed E-state index contributed by atoms with van der Waals surface area (Å²) in [7, 11) is 0. The van der Waals surface area contributed by atoms with Crippen molar-refractivity contribution in [3.05, 3.63) is 54.5 Å². The molecule has 0 saturated heterocycles. The van der Waals surface area contributed by atoms with Crippen molar-refractivity contribution in [3.63, 3.8) is 0 Å². The number of carbonyl (C=O) groups is 1. The molecule has 2 heterocycles. The van der Waals surface area contributed by atoms with E-state index in [1.165, 1.54) is 0 Å². The van der Waals surface area contributed by atoms with Crippen LogP contribution in [0.1, 0.15) is 12.1 Å². The number of nitrogens with zero attached hydrogens (tertiary/aromatic N) is 2. The molecule has 0 fully saturated rings. The predicted molar refractivity (Wildman–Crippen MR) is 83.3 cm³/mol. The molecule has 1 amide bonds. The summed E-state index contributed by atoms with van der Waals surface area (Å²) in [6, 6.07) is 8.85. The normalized spacial score (nSPS) is 14.0. The third-order valence-electron chi connectivity index (χ3n) is 3.38. The summed E-state index contributed by atoms with van der Waals surface area (Å²) in [5.41, 5.74) is 8.85. The fourth-order valence-corrected chi connectivity index (χ4v) is 2.34. The number of hydrogen-bond acceptors (Lipinski definition) is 4. The maximum Gasteiger partial charge on any atom is 0.237 e. The lowest BCUT2D eigenvalue weighted by molar-refractivity contribution is -0.118. The lowest BCUT2D eigenvalue weighted by Gasteiger charge is -2.18. The third kappa shape index (κ3) is 3.01. The molecule has 1 aliphatic heterocycles. The van der Waals surface area contributed by atoms with Crippen LogP contribution in [0.2, 0.25) is 0 Å². The number of aromatic hydroxyl groups is 1. The number of phenolic OH excluding ortho intramolecular Hbond substituents is 1. The Balaban J connectivity index is 1.83. The molecule has 112 valence electrons. The predicted octanol–water partition coefficient (Wildman–Crippen LogP) is 1.83. The molecule has 1 aromatic heterocycles. The van der Waals surface area contributed by atoms with Crippen LogP contribution in [0, 0.1) is 0 Å². The van der Waals surface area contributed by atoms with Gasteiger partial charge in [-0.2, -0.15) is 5.10 Å². The van der Waals surface area contributed by atoms with Gasteiger partial charge in [-0.1, -0.05) is 6.08 Å². The Labute approximate surface area is 127 Å². The molecule has 0 spiro atoms. The summed E-state index contributed by atoms with van der Waals surface area (Å²) in [6.07, 6.45) is 6.42. The van der Waals surface area contributed by atoms with Gasteiger partial charge < -0.3 is 15.7 Å². The molecule has 6 heteroatoms. The van der Waals surface area contributed by atoms with E-state index in [2.05, 4.69) is 10.2 Å². The van der Waals surface area contributed by atoms with Gasteiger partial charge in [0.1, 0.15) is 12.3 Å². The molecule has 0 saturated carbocycles. The fourth-order valence-electron chi connectivity index (χ4n) is 2.34. The highest BCUT2D eigenvalue weighted by Gasteiger charge is 2.12. The number of nitrogens with one attached hydrogen (secondary N) is 1. The van der Waals surface area contributed by atoms with Crippen molar-refractivity contribution in [1.29, 1.82) is 0 Å². The molecule has 0 aliphatic carbocycles. The molecule has 1 aromatic carbocycles. The highest BCUT2D eigenvalue weighted by atomic mass is 16.3. The third-order valence-corrected chi connectivity index (χ3v) is 3.38. The quantitative estimate of drug-likeness (QED) is 0.802. The van der Waals surface area contributed by atoms with Crippen LogP contribution in [-0.2, 0) is 4.79 Å². The van der Waals surface area contributed by atoms with Crippen LogP contribution in [0.25, 0.3) is 16.8 Å². The molecule has 22 heavy (non-hydrogen) atoms. The summed E-state index contributed by atoms with van der Waals surface area (Å²) in [6.45, 7) is 0.148. The van der Waals surface area contributed by atoms with E-state index in [9.17, 15) is 9.90 Å². The van der Waals surface area contributed by atoms with E-state index >= 15 is 0 Å². The molecule has 0 atom stereocenters. The number of allylic oxidation sites excluding steroid dienone is 2. The summed E-state index contributed by atoms with van der Waals surface area (Å²) in [5, 5.41) is 16.6. The average Bonchev–Trinajstić information content (AvgIpc) is 2.97. The molecule has 4 N–H and O–H groups in total. The topological polar surface area (TPSA) is 95.2 Å². The lowest BCUT2D eigenvalue weighted by Crippen LogP contribution is -2.27. The van der Waals surface area contributed by atoms with E-state index in [-0.39, 0.29) is 18.2 Å². The van der Waals surface area contributed by atoms with Crippen molar-refractivity contribution >= 4 is 11.5 Å². The van der Waals surface area contributed by atoms with Crippen LogP contribution in [0.15, 0.2) is 48.8 Å². The first-order valence-corrected chi connectivity index (χ1v) is 6.88. The highest BCUT2D eigenvalue weighted by molar-refractivity contribution is 5.77. The summed E-state index contributed by atoms with van der Waals surface area (Å²) in [4.78, 5) is 12.7. The van der Waals surface area contributed by atoms with Gasteiger partial charge in [-0.3, -0.25) is 9.89 Å². The minimum absolute atomic E-state index is 0.148. The summed E-state index contributed by atoms with van der Waals surface area (Å²) >= 11 is 0. The Morgan fingerprint density at radius 2 is 2.14 bits per heavy atom. The second kappa shape index (κ2) is 5.77. The van der Waals surface area contributed by atoms with Gasteiger partial charge in [-0.25, -0.2) is 0 Å². The molecule has 0 unspecified atom stereocenters. The fraction of sp³-hybridized carbons (Fsp3) is 0.125. The van der Waals surface area contributed by atoms with E-state index in [1.54, 1.807) is 17.0 Å². The average molecular weight is 296 g/mol. The number of hydrogen-bond donors (Lipinski definition) is 3. The smallest absolute Gasteiger partial charge is 0.237 e. The van der Waals surface area contributed by atoms with E-state index in [4.69, 9.17) is 5.73 Å². The van der Waals surface area contributed by atoms with Gasteiger partial charge in [-0.15, -0.1) is 0 Å². The number of phenols is 1. The summed E-state index contributed by atoms with van der Waals surface area (Å²) in [5.74, 6) is -0.153. The minimum atomic E-state index is -0.381. The van der Waals surface area contributed by atoms with Crippen molar-refractivity contribution in [2.24, 2.45) is 5.73 Å². The van der Waals surface area contributed by atoms with Crippen LogP contribution < -0.4 is 5.73 Å². The zero-order chi connectivity index (χ0) is 15.5. The molecular weight excluding hydrogens is 280 g/mol. The minimum Gasteiger partial charge on any atom is -0.508 e. The molecule has 3 rings (SSSR count). The van der Waals surface area contributed by atoms with Gasteiger partial charge in [0.2, 0.25) is 5.91 Å². The van der Waals surface area contributed by atoms with Crippen LogP contribution in [0.5, 0.6) is 5.75 Å². The van der Waals surface area contributed by atoms with Crippen molar-refractivity contribution in [2.45, 2.75) is 6.42 Å². The zero-order valence-electron chi connectivity index (χ0n) is 11.9. The number of carbonyl (C=O) groups excluding carboxylic acids is 1. The summed E-state index contributed by atoms with van der Waals surface area (Å²) < 4.78 is 0. The zero-order valence-corrected chi connectivity index (χ0v) is 11.9. The number of aromatic nitrogens is 2. The Kier molecular flexibility index (Phi) is 3.65. The van der Waals surface area contributed by atoms with E-state index in [1.807, 2.05) is 36.7 Å². The van der Waals surface area contributed by atoms with Gasteiger partial charge in [0.05, 0.1) is 11.4 Å². The second-order valence-electron chi connectivity index (χ2n) is 5.10. The number of benzene rings is 1. The number of aromatic amines is 1. The van der Waals surface area contributed by atoms with Crippen LogP contribution in [0.4, 0.5) is 0 Å². The van der Waals surface area contributed by atoms with Gasteiger partial charge in [0.25, 0.3) is 0 Å². The first kappa shape index (κ1) is 13.9. The molecule has 1 aliphatic rings. The molecule has 6 nitrogen and oxygen atoms in total. The number of amides is 1. The van der Waals surface area contributed by atoms with Crippen LogP contribution in [-0.4, -0.2) is 32.7 Å². The van der Waals surface area contributed by atoms with E-state index in [0.717, 1.165) is 28.9 Å². The van der Waals surface area contributed by atoms with E-state index in [0.29, 0.717) is 0 Å². The number of H-pyrrole nitrogens is 1. The highest BCUT2D eigenvalue weighted by Crippen LogP contribution is 2.26. The Morgan fingerprint density at radius 1 is 1.36 bits per heavy atom. The first-order valence-electron chi connectivity index (χ1n) is 6.88. The van der Waals surface area contributed by atoms with Crippen molar-refractivity contribution in [3.8, 4) is 17.0 Å². The van der Waals surface area contributed by atoms with Gasteiger partial charge in [0.15, 0.2) is 0 Å². The Morgan fingerprint density at radius 3 is 2.86 bits per heavy atom. The molecule has 0 bridgehead atoms. The Hall–Kier alpha value is -3.02. The first-order chi connectivity index (χ1) is 10.6. The standard InChI is InChI=1S/C16H16N4O2/c17-16(22)10-20-7-1-2-12(9-20)15-8-14(18-19-15)11-3-5-13(21)6-4-11/h1,3-9,21H,2,10H2,(H2,17,22)(H,18,19). The van der Waals surface area contributed by atoms with Gasteiger partial charge in [0, 0.05) is 12.4 Å². The molecule has 0 radical (unpaired) electrons. The monoisotopic (exact) mass is 296 g/mol. The lowest BCUT2D eigenvalue weighted by atomic mass is 10.1. The van der Waals surface area contributed by atoms with Gasteiger partial charge in [-0.05, 0) is 47.9 Å². The maximum absolute atomic E-state index is 11.0.